The molecule has 0 radical (unpaired) electrons. The van der Waals surface area contributed by atoms with Gasteiger partial charge in [-0.3, -0.25) is 4.98 Å². The van der Waals surface area contributed by atoms with E-state index < -0.39 is 0 Å². The van der Waals surface area contributed by atoms with Crippen LogP contribution in [-0.2, 0) is 6.42 Å². The van der Waals surface area contributed by atoms with Gasteiger partial charge in [0.2, 0.25) is 0 Å². The van der Waals surface area contributed by atoms with Crippen LogP contribution in [0.15, 0.2) is 84.9 Å². The largest absolute Gasteiger partial charge is 0.252 e. The lowest BCUT2D eigenvalue weighted by atomic mass is 10.0. The SMILES string of the molecule is c1ccc2nc(Cc3cccc4nc5ccccc5cc34)ccc2c1. The van der Waals surface area contributed by atoms with Crippen LogP contribution in [0.5, 0.6) is 0 Å². The van der Waals surface area contributed by atoms with Gasteiger partial charge in [0.1, 0.15) is 0 Å². The highest BCUT2D eigenvalue weighted by atomic mass is 14.7. The minimum atomic E-state index is 0.808. The van der Waals surface area contributed by atoms with Gasteiger partial charge in [-0.15, -0.1) is 0 Å². The molecule has 0 aliphatic carbocycles. The van der Waals surface area contributed by atoms with Crippen molar-refractivity contribution in [2.24, 2.45) is 0 Å². The van der Waals surface area contributed by atoms with Crippen molar-refractivity contribution in [2.75, 3.05) is 0 Å². The molecule has 0 N–H and O–H groups in total. The topological polar surface area (TPSA) is 25.8 Å². The lowest BCUT2D eigenvalue weighted by Gasteiger charge is -2.08. The summed E-state index contributed by atoms with van der Waals surface area (Å²) in [6, 6.07) is 29.4. The molecule has 0 amide bonds. The van der Waals surface area contributed by atoms with Crippen LogP contribution in [0.4, 0.5) is 0 Å². The van der Waals surface area contributed by atoms with Crippen LogP contribution in [0.25, 0.3) is 32.7 Å². The average Bonchev–Trinajstić information content (AvgIpc) is 2.67. The van der Waals surface area contributed by atoms with Crippen molar-refractivity contribution >= 4 is 32.7 Å². The highest BCUT2D eigenvalue weighted by Gasteiger charge is 2.07. The molecule has 5 rings (SSSR count). The number of nitrogens with zero attached hydrogens (tertiary/aromatic N) is 2. The number of fused-ring (bicyclic) bond motifs is 3. The smallest absolute Gasteiger partial charge is 0.0712 e. The number of benzene rings is 3. The molecule has 0 bridgehead atoms. The first-order valence-electron chi connectivity index (χ1n) is 8.49. The Balaban J connectivity index is 1.64. The molecular formula is C23H16N2. The van der Waals surface area contributed by atoms with Crippen molar-refractivity contribution in [3.63, 3.8) is 0 Å². The second kappa shape index (κ2) is 5.67. The normalized spacial score (nSPS) is 11.4. The zero-order valence-corrected chi connectivity index (χ0v) is 13.7. The Morgan fingerprint density at radius 1 is 0.560 bits per heavy atom. The predicted octanol–water partition coefficient (Wildman–Crippen LogP) is 5.53. The maximum Gasteiger partial charge on any atom is 0.0712 e. The second-order valence-electron chi connectivity index (χ2n) is 6.34. The number of hydrogen-bond donors (Lipinski definition) is 0. The van der Waals surface area contributed by atoms with Crippen molar-refractivity contribution in [1.82, 2.24) is 9.97 Å². The van der Waals surface area contributed by atoms with Gasteiger partial charge in [-0.25, -0.2) is 4.98 Å². The molecule has 3 aromatic carbocycles. The molecule has 0 unspecified atom stereocenters. The van der Waals surface area contributed by atoms with Gasteiger partial charge in [-0.05, 0) is 35.9 Å². The van der Waals surface area contributed by atoms with Crippen molar-refractivity contribution in [2.45, 2.75) is 6.42 Å². The number of hydrogen-bond acceptors (Lipinski definition) is 2. The van der Waals surface area contributed by atoms with E-state index in [1.165, 1.54) is 21.7 Å². The van der Waals surface area contributed by atoms with E-state index in [0.29, 0.717) is 0 Å². The van der Waals surface area contributed by atoms with E-state index in [0.717, 1.165) is 28.7 Å². The van der Waals surface area contributed by atoms with Crippen molar-refractivity contribution < 1.29 is 0 Å². The molecule has 5 aromatic rings. The Hall–Kier alpha value is -3.26. The van der Waals surface area contributed by atoms with Crippen LogP contribution in [0.2, 0.25) is 0 Å². The summed E-state index contributed by atoms with van der Waals surface area (Å²) in [5.41, 5.74) is 5.47. The summed E-state index contributed by atoms with van der Waals surface area (Å²) >= 11 is 0. The molecule has 2 aromatic heterocycles. The molecule has 0 aliphatic heterocycles. The summed E-state index contributed by atoms with van der Waals surface area (Å²) in [5, 5.41) is 3.56. The van der Waals surface area contributed by atoms with E-state index in [9.17, 15) is 0 Å². The van der Waals surface area contributed by atoms with Crippen LogP contribution in [0.3, 0.4) is 0 Å². The van der Waals surface area contributed by atoms with E-state index in [1.54, 1.807) is 0 Å². The standard InChI is InChI=1S/C23H16N2/c1-3-9-21-16(6-1)12-13-19(24-21)14-17-8-5-11-23-20(17)15-18-7-2-4-10-22(18)25-23/h1-13,15H,14H2. The number of pyridine rings is 2. The summed E-state index contributed by atoms with van der Waals surface area (Å²) in [7, 11) is 0. The quantitative estimate of drug-likeness (QED) is 0.400. The second-order valence-corrected chi connectivity index (χ2v) is 6.34. The monoisotopic (exact) mass is 320 g/mol. The van der Waals surface area contributed by atoms with Crippen molar-refractivity contribution in [3.8, 4) is 0 Å². The van der Waals surface area contributed by atoms with Gasteiger partial charge in [0.15, 0.2) is 0 Å². The minimum Gasteiger partial charge on any atom is -0.252 e. The number of para-hydroxylation sites is 2. The number of rotatable bonds is 2. The molecule has 0 aliphatic rings. The zero-order chi connectivity index (χ0) is 16.6. The third-order valence-electron chi connectivity index (χ3n) is 4.68. The first-order chi connectivity index (χ1) is 12.4. The maximum atomic E-state index is 4.82. The Bertz CT molecular complexity index is 1220. The first-order valence-corrected chi connectivity index (χ1v) is 8.49. The predicted molar refractivity (Wildman–Crippen MR) is 104 cm³/mol. The van der Waals surface area contributed by atoms with Crippen LogP contribution in [-0.4, -0.2) is 9.97 Å². The summed E-state index contributed by atoms with van der Waals surface area (Å²) in [6.45, 7) is 0. The van der Waals surface area contributed by atoms with Gasteiger partial charge >= 0.3 is 0 Å². The average molecular weight is 320 g/mol. The van der Waals surface area contributed by atoms with Gasteiger partial charge in [-0.2, -0.15) is 0 Å². The summed E-state index contributed by atoms with van der Waals surface area (Å²) in [5.74, 6) is 0. The van der Waals surface area contributed by atoms with E-state index in [-0.39, 0.29) is 0 Å². The maximum absolute atomic E-state index is 4.82. The van der Waals surface area contributed by atoms with E-state index in [4.69, 9.17) is 9.97 Å². The van der Waals surface area contributed by atoms with Gasteiger partial charge in [0, 0.05) is 28.3 Å². The highest BCUT2D eigenvalue weighted by Crippen LogP contribution is 2.24. The van der Waals surface area contributed by atoms with Gasteiger partial charge in [-0.1, -0.05) is 54.6 Å². The molecule has 118 valence electrons. The fourth-order valence-corrected chi connectivity index (χ4v) is 3.42. The van der Waals surface area contributed by atoms with Crippen LogP contribution in [0.1, 0.15) is 11.3 Å². The third kappa shape index (κ3) is 2.52. The lowest BCUT2D eigenvalue weighted by Crippen LogP contribution is -1.95. The molecule has 0 spiro atoms. The fourth-order valence-electron chi connectivity index (χ4n) is 3.42. The van der Waals surface area contributed by atoms with E-state index >= 15 is 0 Å². The summed E-state index contributed by atoms with van der Waals surface area (Å²) in [6.07, 6.45) is 0.808. The summed E-state index contributed by atoms with van der Waals surface area (Å²) in [4.78, 5) is 9.63. The van der Waals surface area contributed by atoms with Crippen LogP contribution in [0, 0.1) is 0 Å². The molecule has 2 heteroatoms. The van der Waals surface area contributed by atoms with Gasteiger partial charge < -0.3 is 0 Å². The van der Waals surface area contributed by atoms with Gasteiger partial charge in [0.25, 0.3) is 0 Å². The molecule has 0 saturated heterocycles. The highest BCUT2D eigenvalue weighted by molar-refractivity contribution is 5.94. The first kappa shape index (κ1) is 14.1. The Kier molecular flexibility index (Phi) is 3.20. The van der Waals surface area contributed by atoms with E-state index in [1.807, 2.05) is 18.2 Å². The molecular weight excluding hydrogens is 304 g/mol. The van der Waals surface area contributed by atoms with Crippen molar-refractivity contribution in [1.29, 1.82) is 0 Å². The molecule has 2 nitrogen and oxygen atoms in total. The molecule has 0 atom stereocenters. The zero-order valence-electron chi connectivity index (χ0n) is 13.7. The molecule has 2 heterocycles. The van der Waals surface area contributed by atoms with Gasteiger partial charge in [0.05, 0.1) is 16.6 Å². The number of aromatic nitrogens is 2. The third-order valence-corrected chi connectivity index (χ3v) is 4.68. The van der Waals surface area contributed by atoms with Crippen molar-refractivity contribution in [3.05, 3.63) is 96.2 Å². The summed E-state index contributed by atoms with van der Waals surface area (Å²) < 4.78 is 0. The molecule has 25 heavy (non-hydrogen) atoms. The fraction of sp³-hybridized carbons (Fsp3) is 0.0435. The van der Waals surface area contributed by atoms with Crippen LogP contribution >= 0.6 is 0 Å². The Labute approximate surface area is 145 Å². The molecule has 0 saturated carbocycles. The lowest BCUT2D eigenvalue weighted by molar-refractivity contribution is 1.11. The van der Waals surface area contributed by atoms with E-state index in [2.05, 4.69) is 66.7 Å². The Morgan fingerprint density at radius 3 is 2.16 bits per heavy atom. The van der Waals surface area contributed by atoms with Crippen LogP contribution < -0.4 is 0 Å². The molecule has 0 fully saturated rings. The Morgan fingerprint density at radius 2 is 1.28 bits per heavy atom. The minimum absolute atomic E-state index is 0.808.